The van der Waals surface area contributed by atoms with Gasteiger partial charge >= 0.3 is 58.4 Å². The first kappa shape index (κ1) is 14.9. The van der Waals surface area contributed by atoms with Crippen molar-refractivity contribution in [3.8, 4) is 0 Å². The van der Waals surface area contributed by atoms with Crippen LogP contribution in [0, 0.1) is 6.92 Å². The van der Waals surface area contributed by atoms with E-state index in [9.17, 15) is 12.9 Å². The van der Waals surface area contributed by atoms with Gasteiger partial charge in [-0.05, 0) is 18.6 Å². The molecule has 0 unspecified atom stereocenters. The number of rotatable bonds is 3. The molecule has 0 radical (unpaired) electrons. The maximum atomic E-state index is 11.8. The maximum Gasteiger partial charge on any atom is 1.00 e. The second kappa shape index (κ2) is 6.49. The maximum absolute atomic E-state index is 11.8. The van der Waals surface area contributed by atoms with Crippen LogP contribution in [0.4, 0.5) is 12.9 Å². The van der Waals surface area contributed by atoms with Crippen molar-refractivity contribution in [2.45, 2.75) is 12.1 Å². The van der Waals surface area contributed by atoms with Crippen LogP contribution in [-0.4, -0.2) is 22.6 Å². The summed E-state index contributed by atoms with van der Waals surface area (Å²) in [5.41, 5.74) is -0.212. The molecule has 0 saturated heterocycles. The number of aryl methyl sites for hydroxylation is 1. The molecule has 1 aromatic heterocycles. The largest absolute Gasteiger partial charge is 1.00 e. The third-order valence-corrected chi connectivity index (χ3v) is 2.17. The van der Waals surface area contributed by atoms with Gasteiger partial charge in [-0.1, -0.05) is 0 Å². The first-order chi connectivity index (χ1) is 5.97. The molecule has 0 saturated carbocycles. The zero-order chi connectivity index (χ0) is 9.90. The molecular weight excluding hydrogens is 239 g/mol. The molecule has 1 aromatic rings. The van der Waals surface area contributed by atoms with Gasteiger partial charge in [0, 0.05) is 11.9 Å². The fourth-order valence-corrected chi connectivity index (χ4v) is 1.35. The molecule has 0 aliphatic rings. The van der Waals surface area contributed by atoms with Crippen LogP contribution in [0.15, 0.2) is 17.4 Å². The van der Waals surface area contributed by atoms with Gasteiger partial charge in [0.05, 0.1) is 0 Å². The van der Waals surface area contributed by atoms with Crippen LogP contribution in [-0.2, 0) is 0 Å². The molecule has 0 N–H and O–H groups in total. The Morgan fingerprint density at radius 3 is 2.57 bits per heavy atom. The topological polar surface area (TPSA) is 25.8 Å². The molecule has 0 bridgehead atoms. The average Bonchev–Trinajstić information content (AvgIpc) is 2.00. The van der Waals surface area contributed by atoms with Gasteiger partial charge in [0.1, 0.15) is 0 Å². The van der Waals surface area contributed by atoms with Crippen molar-refractivity contribution in [3.05, 3.63) is 18.0 Å². The summed E-state index contributed by atoms with van der Waals surface area (Å²) in [6, 6.07) is 1.64. The number of halogens is 3. The van der Waals surface area contributed by atoms with Crippen molar-refractivity contribution in [1.29, 1.82) is 0 Å². The minimum absolute atomic E-state index is 0. The van der Waals surface area contributed by atoms with Crippen molar-refractivity contribution >= 4 is 18.7 Å². The van der Waals surface area contributed by atoms with Crippen molar-refractivity contribution in [2.24, 2.45) is 0 Å². The second-order valence-corrected chi connectivity index (χ2v) is 3.49. The Kier molecular flexibility index (Phi) is 6.92. The van der Waals surface area contributed by atoms with E-state index in [1.54, 1.807) is 13.0 Å². The molecule has 0 fully saturated rings. The van der Waals surface area contributed by atoms with Gasteiger partial charge in [-0.25, -0.2) is 9.97 Å². The van der Waals surface area contributed by atoms with E-state index >= 15 is 0 Å². The van der Waals surface area contributed by atoms with E-state index in [1.165, 1.54) is 6.20 Å². The SMILES string of the molecule is Cc1ccnc(SC[B-](F)(F)F)n1.[K+]. The van der Waals surface area contributed by atoms with Crippen molar-refractivity contribution in [1.82, 2.24) is 9.97 Å². The van der Waals surface area contributed by atoms with Crippen LogP contribution in [0.5, 0.6) is 0 Å². The summed E-state index contributed by atoms with van der Waals surface area (Å²) in [5, 5.41) is 0.180. The molecule has 1 heterocycles. The van der Waals surface area contributed by atoms with Crippen LogP contribution in [0.25, 0.3) is 0 Å². The summed E-state index contributed by atoms with van der Waals surface area (Å²) in [6.07, 6.45) is 1.45. The van der Waals surface area contributed by atoms with Crippen LogP contribution >= 0.6 is 11.8 Å². The quantitative estimate of drug-likeness (QED) is 0.399. The third-order valence-electron chi connectivity index (χ3n) is 1.17. The summed E-state index contributed by atoms with van der Waals surface area (Å²) < 4.78 is 35.5. The molecule has 2 nitrogen and oxygen atoms in total. The standard InChI is InChI=1S/C6H7BF3N2S.K/c1-5-2-3-11-6(12-5)13-4-7(8,9)10;/h2-3H,4H2,1H3;/q-1;+1. The van der Waals surface area contributed by atoms with Crippen LogP contribution in [0.2, 0.25) is 0 Å². The molecule has 0 atom stereocenters. The minimum Gasteiger partial charge on any atom is -0.448 e. The van der Waals surface area contributed by atoms with Crippen molar-refractivity contribution in [3.63, 3.8) is 0 Å². The van der Waals surface area contributed by atoms with Crippen LogP contribution in [0.3, 0.4) is 0 Å². The predicted molar refractivity (Wildman–Crippen MR) is 46.6 cm³/mol. The first-order valence-electron chi connectivity index (χ1n) is 3.61. The average molecular weight is 246 g/mol. The summed E-state index contributed by atoms with van der Waals surface area (Å²) in [6.45, 7) is -3.04. The van der Waals surface area contributed by atoms with E-state index < -0.39 is 12.6 Å². The summed E-state index contributed by atoms with van der Waals surface area (Å²) in [7, 11) is 0. The third kappa shape index (κ3) is 6.41. The van der Waals surface area contributed by atoms with E-state index in [-0.39, 0.29) is 56.5 Å². The molecule has 0 aliphatic carbocycles. The van der Waals surface area contributed by atoms with Crippen molar-refractivity contribution in [2.75, 3.05) is 5.65 Å². The second-order valence-electron chi connectivity index (χ2n) is 2.50. The van der Waals surface area contributed by atoms with Crippen molar-refractivity contribution < 1.29 is 64.3 Å². The number of hydrogen-bond acceptors (Lipinski definition) is 3. The Labute approximate surface area is 127 Å². The molecule has 8 heteroatoms. The Hall–Kier alpha value is 0.921. The van der Waals surface area contributed by atoms with Gasteiger partial charge in [-0.3, -0.25) is 0 Å². The number of thioether (sulfide) groups is 1. The molecule has 1 rings (SSSR count). The molecule has 0 spiro atoms. The van der Waals surface area contributed by atoms with E-state index in [1.807, 2.05) is 0 Å². The van der Waals surface area contributed by atoms with E-state index in [2.05, 4.69) is 9.97 Å². The van der Waals surface area contributed by atoms with Crippen LogP contribution < -0.4 is 51.4 Å². The Morgan fingerprint density at radius 1 is 1.43 bits per heavy atom. The molecule has 0 aliphatic heterocycles. The number of hydrogen-bond donors (Lipinski definition) is 0. The van der Waals surface area contributed by atoms with Gasteiger partial charge < -0.3 is 12.9 Å². The Balaban J connectivity index is 0.00000169. The van der Waals surface area contributed by atoms with Crippen LogP contribution in [0.1, 0.15) is 5.69 Å². The summed E-state index contributed by atoms with van der Waals surface area (Å²) in [5.74, 6) is 0. The fourth-order valence-electron chi connectivity index (χ4n) is 0.664. The molecular formula is C6H7BF3KN2S. The number of aromatic nitrogens is 2. The predicted octanol–water partition coefficient (Wildman–Crippen LogP) is -0.732. The van der Waals surface area contributed by atoms with E-state index in [4.69, 9.17) is 0 Å². The Morgan fingerprint density at radius 2 is 2.07 bits per heavy atom. The first-order valence-corrected chi connectivity index (χ1v) is 4.59. The summed E-state index contributed by atoms with van der Waals surface area (Å²) >= 11 is 0.622. The van der Waals surface area contributed by atoms with Gasteiger partial charge in [-0.15, -0.1) is 11.8 Å². The van der Waals surface area contributed by atoms with Gasteiger partial charge in [-0.2, -0.15) is 0 Å². The van der Waals surface area contributed by atoms with Gasteiger partial charge in [0.25, 0.3) is 0 Å². The zero-order valence-electron chi connectivity index (χ0n) is 7.88. The van der Waals surface area contributed by atoms with E-state index in [0.717, 1.165) is 0 Å². The van der Waals surface area contributed by atoms with E-state index in [0.29, 0.717) is 17.5 Å². The fraction of sp³-hybridized carbons (Fsp3) is 0.333. The minimum atomic E-state index is -4.76. The molecule has 0 amide bonds. The Bertz CT molecular complexity index is 297. The molecule has 0 aromatic carbocycles. The zero-order valence-corrected chi connectivity index (χ0v) is 11.8. The van der Waals surface area contributed by atoms with Gasteiger partial charge in [0.15, 0.2) is 5.16 Å². The number of nitrogens with zero attached hydrogens (tertiary/aromatic N) is 2. The molecule has 14 heavy (non-hydrogen) atoms. The monoisotopic (exact) mass is 246 g/mol. The summed E-state index contributed by atoms with van der Waals surface area (Å²) in [4.78, 5) is 7.54. The normalized spacial score (nSPS) is 10.9. The molecule has 72 valence electrons. The van der Waals surface area contributed by atoms with Gasteiger partial charge in [0.2, 0.25) is 0 Å². The smallest absolute Gasteiger partial charge is 0.448 e.